The molecular weight excluding hydrogens is 276 g/mol. The number of hydrogen-bond donors (Lipinski definition) is 2. The van der Waals surface area contributed by atoms with Gasteiger partial charge in [0.2, 0.25) is 0 Å². The maximum absolute atomic E-state index is 10.5. The second-order valence-electron chi connectivity index (χ2n) is 6.36. The molecule has 0 aromatic carbocycles. The van der Waals surface area contributed by atoms with E-state index in [1.54, 1.807) is 0 Å². The lowest BCUT2D eigenvalue weighted by molar-refractivity contribution is -0.140. The molecule has 0 saturated heterocycles. The second-order valence-corrected chi connectivity index (χ2v) is 6.36. The SMILES string of the molecule is CC(C)(CCCC(=O)O)OCCC(C)(C)OCCC(=O)O. The number of aliphatic carboxylic acids is 2. The Hall–Kier alpha value is -1.14. The van der Waals surface area contributed by atoms with Crippen LogP contribution in [0, 0.1) is 0 Å². The fourth-order valence-electron chi connectivity index (χ4n) is 1.80. The molecule has 124 valence electrons. The van der Waals surface area contributed by atoms with Crippen molar-refractivity contribution in [1.82, 2.24) is 0 Å². The van der Waals surface area contributed by atoms with Crippen LogP contribution in [0.2, 0.25) is 0 Å². The molecule has 0 aliphatic heterocycles. The zero-order chi connectivity index (χ0) is 16.5. The predicted molar refractivity (Wildman–Crippen MR) is 78.4 cm³/mol. The van der Waals surface area contributed by atoms with Crippen LogP contribution in [0.15, 0.2) is 0 Å². The summed E-state index contributed by atoms with van der Waals surface area (Å²) in [6.45, 7) is 8.34. The Morgan fingerprint density at radius 1 is 0.810 bits per heavy atom. The van der Waals surface area contributed by atoms with Crippen molar-refractivity contribution in [2.45, 2.75) is 71.0 Å². The van der Waals surface area contributed by atoms with Crippen LogP contribution in [0.4, 0.5) is 0 Å². The van der Waals surface area contributed by atoms with E-state index in [4.69, 9.17) is 19.7 Å². The first kappa shape index (κ1) is 19.9. The number of hydrogen-bond acceptors (Lipinski definition) is 4. The van der Waals surface area contributed by atoms with Crippen LogP contribution in [-0.2, 0) is 19.1 Å². The quantitative estimate of drug-likeness (QED) is 0.576. The molecule has 0 aromatic rings. The Balaban J connectivity index is 3.92. The normalized spacial score (nSPS) is 12.4. The zero-order valence-electron chi connectivity index (χ0n) is 13.5. The monoisotopic (exact) mass is 304 g/mol. The van der Waals surface area contributed by atoms with Crippen LogP contribution in [-0.4, -0.2) is 46.6 Å². The number of carboxylic acid groups (broad SMARTS) is 2. The van der Waals surface area contributed by atoms with E-state index in [1.807, 2.05) is 27.7 Å². The first-order chi connectivity index (χ1) is 9.54. The highest BCUT2D eigenvalue weighted by atomic mass is 16.5. The average molecular weight is 304 g/mol. The minimum Gasteiger partial charge on any atom is -0.481 e. The van der Waals surface area contributed by atoms with Gasteiger partial charge >= 0.3 is 11.9 Å². The molecule has 21 heavy (non-hydrogen) atoms. The maximum atomic E-state index is 10.5. The van der Waals surface area contributed by atoms with Crippen molar-refractivity contribution in [3.05, 3.63) is 0 Å². The van der Waals surface area contributed by atoms with Gasteiger partial charge in [0, 0.05) is 6.42 Å². The fourth-order valence-corrected chi connectivity index (χ4v) is 1.80. The molecule has 6 heteroatoms. The molecule has 0 atom stereocenters. The molecule has 0 radical (unpaired) electrons. The summed E-state index contributed by atoms with van der Waals surface area (Å²) in [5.74, 6) is -1.67. The van der Waals surface area contributed by atoms with Gasteiger partial charge in [0.05, 0.1) is 30.8 Å². The van der Waals surface area contributed by atoms with Crippen molar-refractivity contribution in [3.8, 4) is 0 Å². The first-order valence-corrected chi connectivity index (χ1v) is 7.26. The summed E-state index contributed by atoms with van der Waals surface area (Å²) in [6.07, 6.45) is 2.05. The third kappa shape index (κ3) is 12.3. The summed E-state index contributed by atoms with van der Waals surface area (Å²) in [4.78, 5) is 20.9. The lowest BCUT2D eigenvalue weighted by Crippen LogP contribution is -2.31. The Kier molecular flexibility index (Phi) is 8.51. The van der Waals surface area contributed by atoms with Crippen LogP contribution in [0.5, 0.6) is 0 Å². The van der Waals surface area contributed by atoms with Gasteiger partial charge in [-0.25, -0.2) is 0 Å². The van der Waals surface area contributed by atoms with Crippen molar-refractivity contribution in [2.24, 2.45) is 0 Å². The topological polar surface area (TPSA) is 93.1 Å². The minimum atomic E-state index is -0.874. The Morgan fingerprint density at radius 2 is 1.29 bits per heavy atom. The summed E-state index contributed by atoms with van der Waals surface area (Å²) in [7, 11) is 0. The van der Waals surface area contributed by atoms with Gasteiger partial charge in [-0.15, -0.1) is 0 Å². The molecule has 0 fully saturated rings. The van der Waals surface area contributed by atoms with Crippen LogP contribution < -0.4 is 0 Å². The smallest absolute Gasteiger partial charge is 0.305 e. The van der Waals surface area contributed by atoms with Crippen molar-refractivity contribution in [2.75, 3.05) is 13.2 Å². The fraction of sp³-hybridized carbons (Fsp3) is 0.867. The lowest BCUT2D eigenvalue weighted by Gasteiger charge is -2.29. The van der Waals surface area contributed by atoms with E-state index < -0.39 is 17.5 Å². The van der Waals surface area contributed by atoms with E-state index in [9.17, 15) is 9.59 Å². The number of rotatable bonds is 12. The summed E-state index contributed by atoms with van der Waals surface area (Å²) in [5, 5.41) is 17.2. The van der Waals surface area contributed by atoms with E-state index in [2.05, 4.69) is 0 Å². The molecule has 0 heterocycles. The van der Waals surface area contributed by atoms with Crippen molar-refractivity contribution in [1.29, 1.82) is 0 Å². The number of ether oxygens (including phenoxy) is 2. The largest absolute Gasteiger partial charge is 0.481 e. The van der Waals surface area contributed by atoms with Crippen molar-refractivity contribution >= 4 is 11.9 Å². The molecule has 2 N–H and O–H groups in total. The molecule has 0 bridgehead atoms. The molecule has 0 saturated carbocycles. The third-order valence-corrected chi connectivity index (χ3v) is 3.18. The number of carbonyl (C=O) groups is 2. The van der Waals surface area contributed by atoms with E-state index >= 15 is 0 Å². The lowest BCUT2D eigenvalue weighted by atomic mass is 10.0. The maximum Gasteiger partial charge on any atom is 0.305 e. The van der Waals surface area contributed by atoms with Crippen LogP contribution in [0.25, 0.3) is 0 Å². The zero-order valence-corrected chi connectivity index (χ0v) is 13.5. The van der Waals surface area contributed by atoms with E-state index in [-0.39, 0.29) is 25.0 Å². The number of carboxylic acids is 2. The minimum absolute atomic E-state index is 0.00896. The van der Waals surface area contributed by atoms with Crippen LogP contribution in [0.3, 0.4) is 0 Å². The Bertz CT molecular complexity index is 303. The van der Waals surface area contributed by atoms with Crippen LogP contribution >= 0.6 is 0 Å². The first-order valence-electron chi connectivity index (χ1n) is 7.26. The molecule has 0 aliphatic rings. The highest BCUT2D eigenvalue weighted by Crippen LogP contribution is 2.21. The highest BCUT2D eigenvalue weighted by molar-refractivity contribution is 5.66. The van der Waals surface area contributed by atoms with Gasteiger partial charge in [0.15, 0.2) is 0 Å². The molecule has 0 unspecified atom stereocenters. The molecule has 0 aromatic heterocycles. The van der Waals surface area contributed by atoms with Gasteiger partial charge in [-0.3, -0.25) is 9.59 Å². The Labute approximate surface area is 126 Å². The summed E-state index contributed by atoms with van der Waals surface area (Å²) in [5.41, 5.74) is -0.806. The second kappa shape index (κ2) is 9.00. The van der Waals surface area contributed by atoms with E-state index in [0.717, 1.165) is 0 Å². The van der Waals surface area contributed by atoms with Gasteiger partial charge in [-0.05, 0) is 47.0 Å². The average Bonchev–Trinajstić information content (AvgIpc) is 2.26. The summed E-state index contributed by atoms with van der Waals surface area (Å²) in [6, 6.07) is 0. The molecule has 0 amide bonds. The standard InChI is InChI=1S/C15H28O6/c1-14(2,8-5-6-12(16)17)21-11-9-15(3,4)20-10-7-13(18)19/h5-11H2,1-4H3,(H,16,17)(H,18,19). The van der Waals surface area contributed by atoms with Gasteiger partial charge in [-0.1, -0.05) is 0 Å². The molecular formula is C15H28O6. The van der Waals surface area contributed by atoms with E-state index in [0.29, 0.717) is 25.9 Å². The van der Waals surface area contributed by atoms with E-state index in [1.165, 1.54) is 0 Å². The third-order valence-electron chi connectivity index (χ3n) is 3.18. The molecule has 0 rings (SSSR count). The Morgan fingerprint density at radius 3 is 1.81 bits per heavy atom. The van der Waals surface area contributed by atoms with Gasteiger partial charge in [0.25, 0.3) is 0 Å². The van der Waals surface area contributed by atoms with Crippen LogP contribution in [0.1, 0.15) is 59.8 Å². The molecule has 6 nitrogen and oxygen atoms in total. The van der Waals surface area contributed by atoms with Gasteiger partial charge < -0.3 is 19.7 Å². The summed E-state index contributed by atoms with van der Waals surface area (Å²) >= 11 is 0. The van der Waals surface area contributed by atoms with Gasteiger partial charge in [-0.2, -0.15) is 0 Å². The van der Waals surface area contributed by atoms with Gasteiger partial charge in [0.1, 0.15) is 0 Å². The molecule has 0 spiro atoms. The van der Waals surface area contributed by atoms with Crippen molar-refractivity contribution < 1.29 is 29.3 Å². The predicted octanol–water partition coefficient (Wildman–Crippen LogP) is 2.70. The summed E-state index contributed by atoms with van der Waals surface area (Å²) < 4.78 is 11.3. The highest BCUT2D eigenvalue weighted by Gasteiger charge is 2.23. The van der Waals surface area contributed by atoms with Crippen molar-refractivity contribution in [3.63, 3.8) is 0 Å². The molecule has 0 aliphatic carbocycles.